The molecular formula is C19H17Cl2N3O3S. The molecule has 0 bridgehead atoms. The maximum absolute atomic E-state index is 13.0. The van der Waals surface area contributed by atoms with E-state index >= 15 is 0 Å². The highest BCUT2D eigenvalue weighted by atomic mass is 35.5. The topological polar surface area (TPSA) is 72.3 Å². The van der Waals surface area contributed by atoms with Crippen LogP contribution in [0.3, 0.4) is 0 Å². The smallest absolute Gasteiger partial charge is 0.269 e. The summed E-state index contributed by atoms with van der Waals surface area (Å²) in [6.45, 7) is 3.76. The Morgan fingerprint density at radius 2 is 1.68 bits per heavy atom. The van der Waals surface area contributed by atoms with Crippen LogP contribution in [0.1, 0.15) is 11.1 Å². The minimum atomic E-state index is -3.78. The van der Waals surface area contributed by atoms with Gasteiger partial charge in [-0.25, -0.2) is 8.42 Å². The van der Waals surface area contributed by atoms with Gasteiger partial charge >= 0.3 is 0 Å². The lowest BCUT2D eigenvalue weighted by molar-refractivity contribution is 0.594. The predicted molar refractivity (Wildman–Crippen MR) is 111 cm³/mol. The highest BCUT2D eigenvalue weighted by Gasteiger charge is 2.23. The highest BCUT2D eigenvalue weighted by Crippen LogP contribution is 2.27. The number of sulfonamides is 1. The zero-order valence-corrected chi connectivity index (χ0v) is 17.7. The molecule has 0 unspecified atom stereocenters. The van der Waals surface area contributed by atoms with Crippen LogP contribution in [0.2, 0.25) is 10.0 Å². The molecular weight excluding hydrogens is 421 g/mol. The van der Waals surface area contributed by atoms with E-state index in [-0.39, 0.29) is 14.9 Å². The Balaban J connectivity index is 2.00. The predicted octanol–water partition coefficient (Wildman–Crippen LogP) is 3.98. The van der Waals surface area contributed by atoms with E-state index in [9.17, 15) is 13.2 Å². The SMILES string of the molecule is Cc1ccc(C)c(N(C)S(=O)(=O)c2ccc(-n3ncc(Cl)c(Cl)c3=O)cc2)c1. The first kappa shape index (κ1) is 20.4. The monoisotopic (exact) mass is 437 g/mol. The molecule has 3 rings (SSSR count). The van der Waals surface area contributed by atoms with Crippen molar-refractivity contribution in [2.45, 2.75) is 18.7 Å². The summed E-state index contributed by atoms with van der Waals surface area (Å²) in [6, 6.07) is 11.4. The Kier molecular flexibility index (Phi) is 5.52. The standard InChI is InChI=1S/C19H17Cl2N3O3S/c1-12-4-5-13(2)17(10-12)23(3)28(26,27)15-8-6-14(7-9-15)24-19(25)18(21)16(20)11-22-24/h4-11H,1-3H3. The van der Waals surface area contributed by atoms with Crippen LogP contribution in [0.15, 0.2) is 58.4 Å². The number of hydrogen-bond donors (Lipinski definition) is 0. The second kappa shape index (κ2) is 7.58. The largest absolute Gasteiger partial charge is 0.291 e. The third kappa shape index (κ3) is 3.65. The van der Waals surface area contributed by atoms with E-state index in [4.69, 9.17) is 23.2 Å². The van der Waals surface area contributed by atoms with Crippen LogP contribution in [0.25, 0.3) is 5.69 Å². The third-order valence-corrected chi connectivity index (χ3v) is 6.85. The van der Waals surface area contributed by atoms with Gasteiger partial charge in [0.1, 0.15) is 5.02 Å². The van der Waals surface area contributed by atoms with Crippen LogP contribution >= 0.6 is 23.2 Å². The summed E-state index contributed by atoms with van der Waals surface area (Å²) in [4.78, 5) is 12.3. The van der Waals surface area contributed by atoms with Gasteiger partial charge in [0.15, 0.2) is 0 Å². The number of anilines is 1. The lowest BCUT2D eigenvalue weighted by Gasteiger charge is -2.22. The summed E-state index contributed by atoms with van der Waals surface area (Å²) in [6.07, 6.45) is 1.25. The molecule has 28 heavy (non-hydrogen) atoms. The van der Waals surface area contributed by atoms with Gasteiger partial charge in [-0.1, -0.05) is 35.3 Å². The van der Waals surface area contributed by atoms with Crippen LogP contribution in [-0.2, 0) is 10.0 Å². The Morgan fingerprint density at radius 3 is 2.32 bits per heavy atom. The minimum Gasteiger partial charge on any atom is -0.269 e. The molecule has 0 saturated carbocycles. The molecule has 0 aliphatic rings. The van der Waals surface area contributed by atoms with Gasteiger partial charge in [-0.15, -0.1) is 0 Å². The zero-order valence-electron chi connectivity index (χ0n) is 15.3. The fourth-order valence-electron chi connectivity index (χ4n) is 2.70. The molecule has 6 nitrogen and oxygen atoms in total. The van der Waals surface area contributed by atoms with Gasteiger partial charge in [-0.05, 0) is 55.3 Å². The molecule has 1 heterocycles. The first-order valence-corrected chi connectivity index (χ1v) is 10.4. The van der Waals surface area contributed by atoms with Gasteiger partial charge in [0.05, 0.1) is 27.5 Å². The Labute approximate surface area is 173 Å². The van der Waals surface area contributed by atoms with Crippen molar-refractivity contribution in [3.8, 4) is 5.69 Å². The molecule has 0 fully saturated rings. The van der Waals surface area contributed by atoms with Crippen molar-refractivity contribution in [2.24, 2.45) is 0 Å². The second-order valence-electron chi connectivity index (χ2n) is 6.28. The number of rotatable bonds is 4. The van der Waals surface area contributed by atoms with Crippen LogP contribution in [-0.4, -0.2) is 25.2 Å². The van der Waals surface area contributed by atoms with Gasteiger partial charge in [-0.3, -0.25) is 9.10 Å². The molecule has 0 saturated heterocycles. The van der Waals surface area contributed by atoms with Gasteiger partial charge < -0.3 is 0 Å². The minimum absolute atomic E-state index is 0.0530. The molecule has 0 aliphatic carbocycles. The lowest BCUT2D eigenvalue weighted by atomic mass is 10.1. The van der Waals surface area contributed by atoms with E-state index in [2.05, 4.69) is 5.10 Å². The van der Waals surface area contributed by atoms with Crippen molar-refractivity contribution in [1.82, 2.24) is 9.78 Å². The Bertz CT molecular complexity index is 1210. The van der Waals surface area contributed by atoms with Gasteiger partial charge in [0, 0.05) is 7.05 Å². The molecule has 0 radical (unpaired) electrons. The Hall–Kier alpha value is -2.35. The third-order valence-electron chi connectivity index (χ3n) is 4.32. The van der Waals surface area contributed by atoms with E-state index in [1.807, 2.05) is 32.0 Å². The summed E-state index contributed by atoms with van der Waals surface area (Å²) in [5.74, 6) is 0. The van der Waals surface area contributed by atoms with Crippen molar-refractivity contribution >= 4 is 38.9 Å². The first-order chi connectivity index (χ1) is 13.1. The van der Waals surface area contributed by atoms with Gasteiger partial charge in [-0.2, -0.15) is 9.78 Å². The molecule has 3 aromatic rings. The first-order valence-electron chi connectivity index (χ1n) is 8.23. The maximum atomic E-state index is 13.0. The summed E-state index contributed by atoms with van der Waals surface area (Å²) in [5, 5.41) is 3.84. The second-order valence-corrected chi connectivity index (χ2v) is 9.03. The van der Waals surface area contributed by atoms with Crippen LogP contribution in [0.4, 0.5) is 5.69 Å². The average Bonchev–Trinajstić information content (AvgIpc) is 2.67. The fourth-order valence-corrected chi connectivity index (χ4v) is 4.21. The molecule has 0 aliphatic heterocycles. The van der Waals surface area contributed by atoms with E-state index < -0.39 is 15.6 Å². The van der Waals surface area contributed by atoms with Crippen molar-refractivity contribution < 1.29 is 8.42 Å². The van der Waals surface area contributed by atoms with Crippen LogP contribution < -0.4 is 9.86 Å². The zero-order chi connectivity index (χ0) is 20.6. The van der Waals surface area contributed by atoms with Crippen molar-refractivity contribution in [3.05, 3.63) is 80.2 Å². The highest BCUT2D eigenvalue weighted by molar-refractivity contribution is 7.92. The van der Waals surface area contributed by atoms with Crippen LogP contribution in [0.5, 0.6) is 0 Å². The number of hydrogen-bond acceptors (Lipinski definition) is 4. The molecule has 0 atom stereocenters. The van der Waals surface area contributed by atoms with Gasteiger partial charge in [0.2, 0.25) is 0 Å². The van der Waals surface area contributed by atoms with Crippen molar-refractivity contribution in [2.75, 3.05) is 11.4 Å². The van der Waals surface area contributed by atoms with E-state index in [1.165, 1.54) is 41.8 Å². The lowest BCUT2D eigenvalue weighted by Crippen LogP contribution is -2.27. The fraction of sp³-hybridized carbons (Fsp3) is 0.158. The van der Waals surface area contributed by atoms with Gasteiger partial charge in [0.25, 0.3) is 15.6 Å². The van der Waals surface area contributed by atoms with E-state index in [0.29, 0.717) is 11.4 Å². The molecule has 146 valence electrons. The molecule has 2 aromatic carbocycles. The summed E-state index contributed by atoms with van der Waals surface area (Å²) in [7, 11) is -2.27. The van der Waals surface area contributed by atoms with Crippen molar-refractivity contribution in [1.29, 1.82) is 0 Å². The van der Waals surface area contributed by atoms with E-state index in [1.54, 1.807) is 0 Å². The van der Waals surface area contributed by atoms with Crippen LogP contribution in [0, 0.1) is 13.8 Å². The summed E-state index contributed by atoms with van der Waals surface area (Å²) >= 11 is 11.6. The number of halogens is 2. The molecule has 0 amide bonds. The van der Waals surface area contributed by atoms with Crippen molar-refractivity contribution in [3.63, 3.8) is 0 Å². The molecule has 1 aromatic heterocycles. The average molecular weight is 438 g/mol. The quantitative estimate of drug-likeness (QED) is 0.618. The number of nitrogens with zero attached hydrogens (tertiary/aromatic N) is 3. The molecule has 9 heteroatoms. The number of aromatic nitrogens is 2. The number of benzene rings is 2. The maximum Gasteiger partial charge on any atom is 0.291 e. The molecule has 0 spiro atoms. The number of aryl methyl sites for hydroxylation is 2. The normalized spacial score (nSPS) is 11.5. The summed E-state index contributed by atoms with van der Waals surface area (Å²) < 4.78 is 28.3. The summed E-state index contributed by atoms with van der Waals surface area (Å²) in [5.41, 5.74) is 2.20. The Morgan fingerprint density at radius 1 is 1.04 bits per heavy atom. The molecule has 0 N–H and O–H groups in total. The van der Waals surface area contributed by atoms with E-state index in [0.717, 1.165) is 15.8 Å².